The summed E-state index contributed by atoms with van der Waals surface area (Å²) in [6.45, 7) is 4.94. The number of amides is 2. The molecule has 2 rings (SSSR count). The van der Waals surface area contributed by atoms with Crippen LogP contribution in [0.25, 0.3) is 0 Å². The van der Waals surface area contributed by atoms with Gasteiger partial charge in [-0.15, -0.1) is 0 Å². The van der Waals surface area contributed by atoms with Crippen molar-refractivity contribution in [2.75, 3.05) is 13.1 Å². The Kier molecular flexibility index (Phi) is 6.33. The molecule has 0 radical (unpaired) electrons. The highest BCUT2D eigenvalue weighted by Crippen LogP contribution is 2.18. The second-order valence-electron chi connectivity index (χ2n) is 6.62. The van der Waals surface area contributed by atoms with Gasteiger partial charge in [-0.05, 0) is 36.4 Å². The Balaban J connectivity index is 2.35. The van der Waals surface area contributed by atoms with Crippen LogP contribution in [0.5, 0.6) is 0 Å². The summed E-state index contributed by atoms with van der Waals surface area (Å²) in [5.74, 6) is -0.274. The van der Waals surface area contributed by atoms with Gasteiger partial charge in [-0.3, -0.25) is 14.4 Å². The molecule has 0 saturated carbocycles. The first-order chi connectivity index (χ1) is 11.8. The van der Waals surface area contributed by atoms with Crippen LogP contribution in [-0.4, -0.2) is 59.3 Å². The molecule has 1 heterocycles. The van der Waals surface area contributed by atoms with Crippen molar-refractivity contribution in [2.24, 2.45) is 5.92 Å². The molecule has 1 aliphatic rings. The summed E-state index contributed by atoms with van der Waals surface area (Å²) in [7, 11) is -1.79. The molecule has 0 aliphatic carbocycles. The van der Waals surface area contributed by atoms with Gasteiger partial charge in [0.05, 0.1) is 0 Å². The SMILES string of the molecule is CC(C)CC1C(=O)NCCCN1C(=O)c1ccc(B(O)O)c(C=O)c1. The lowest BCUT2D eigenvalue weighted by Crippen LogP contribution is -2.48. The molecule has 134 valence electrons. The average molecular weight is 346 g/mol. The maximum atomic E-state index is 12.9. The van der Waals surface area contributed by atoms with E-state index in [9.17, 15) is 24.4 Å². The van der Waals surface area contributed by atoms with Crippen molar-refractivity contribution in [3.8, 4) is 0 Å². The zero-order valence-corrected chi connectivity index (χ0v) is 14.4. The molecular weight excluding hydrogens is 323 g/mol. The Morgan fingerprint density at radius 2 is 2.16 bits per heavy atom. The minimum absolute atomic E-state index is 0.0406. The lowest BCUT2D eigenvalue weighted by Gasteiger charge is -2.30. The fourth-order valence-corrected chi connectivity index (χ4v) is 3.01. The molecule has 0 aromatic heterocycles. The Labute approximate surface area is 147 Å². The first kappa shape index (κ1) is 19.1. The summed E-state index contributed by atoms with van der Waals surface area (Å²) in [4.78, 5) is 38.0. The third kappa shape index (κ3) is 4.46. The number of nitrogens with zero attached hydrogens (tertiary/aromatic N) is 1. The molecule has 25 heavy (non-hydrogen) atoms. The van der Waals surface area contributed by atoms with Crippen LogP contribution in [0.1, 0.15) is 47.4 Å². The highest BCUT2D eigenvalue weighted by Gasteiger charge is 2.33. The molecule has 0 spiro atoms. The lowest BCUT2D eigenvalue weighted by molar-refractivity contribution is -0.125. The van der Waals surface area contributed by atoms with Crippen LogP contribution >= 0.6 is 0 Å². The van der Waals surface area contributed by atoms with E-state index in [0.717, 1.165) is 0 Å². The standard InChI is InChI=1S/C17H23BN2O5/c1-11(2)8-15-16(22)19-6-3-7-20(15)17(23)12-4-5-14(18(24)25)13(9-12)10-21/h4-5,9-11,15,24-25H,3,6-8H2,1-2H3,(H,19,22). The van der Waals surface area contributed by atoms with Crippen molar-refractivity contribution in [2.45, 2.75) is 32.7 Å². The predicted molar refractivity (Wildman–Crippen MR) is 93.6 cm³/mol. The Morgan fingerprint density at radius 3 is 2.76 bits per heavy atom. The molecule has 0 bridgehead atoms. The van der Waals surface area contributed by atoms with Gasteiger partial charge in [-0.2, -0.15) is 0 Å². The largest absolute Gasteiger partial charge is 0.489 e. The molecule has 1 saturated heterocycles. The molecular formula is C17H23BN2O5. The van der Waals surface area contributed by atoms with E-state index < -0.39 is 13.2 Å². The predicted octanol–water partition coefficient (Wildman–Crippen LogP) is -0.444. The van der Waals surface area contributed by atoms with E-state index in [0.29, 0.717) is 32.2 Å². The van der Waals surface area contributed by atoms with Crippen LogP contribution in [0.4, 0.5) is 0 Å². The van der Waals surface area contributed by atoms with Gasteiger partial charge < -0.3 is 20.3 Å². The van der Waals surface area contributed by atoms with E-state index in [-0.39, 0.29) is 34.3 Å². The minimum atomic E-state index is -1.79. The van der Waals surface area contributed by atoms with E-state index >= 15 is 0 Å². The first-order valence-electron chi connectivity index (χ1n) is 8.39. The summed E-state index contributed by atoms with van der Waals surface area (Å²) in [5.41, 5.74) is 0.328. The average Bonchev–Trinajstić information content (AvgIpc) is 2.75. The van der Waals surface area contributed by atoms with Gasteiger partial charge in [0.15, 0.2) is 0 Å². The number of benzene rings is 1. The zero-order valence-electron chi connectivity index (χ0n) is 14.4. The van der Waals surface area contributed by atoms with Crippen LogP contribution in [0.3, 0.4) is 0 Å². The minimum Gasteiger partial charge on any atom is -0.423 e. The molecule has 3 N–H and O–H groups in total. The van der Waals surface area contributed by atoms with Gasteiger partial charge in [-0.1, -0.05) is 19.9 Å². The van der Waals surface area contributed by atoms with Crippen molar-refractivity contribution in [3.05, 3.63) is 29.3 Å². The van der Waals surface area contributed by atoms with Gasteiger partial charge in [0, 0.05) is 24.2 Å². The molecule has 1 aromatic rings. The van der Waals surface area contributed by atoms with Crippen molar-refractivity contribution in [3.63, 3.8) is 0 Å². The molecule has 1 aromatic carbocycles. The summed E-state index contributed by atoms with van der Waals surface area (Å²) in [5, 5.41) is 21.4. The fraction of sp³-hybridized carbons (Fsp3) is 0.471. The van der Waals surface area contributed by atoms with Gasteiger partial charge >= 0.3 is 7.12 Å². The maximum Gasteiger partial charge on any atom is 0.489 e. The number of hydrogen-bond donors (Lipinski definition) is 3. The number of nitrogens with one attached hydrogen (secondary N) is 1. The van der Waals surface area contributed by atoms with E-state index in [2.05, 4.69) is 5.32 Å². The summed E-state index contributed by atoms with van der Waals surface area (Å²) >= 11 is 0. The molecule has 1 unspecified atom stereocenters. The molecule has 1 aliphatic heterocycles. The second kappa shape index (κ2) is 8.27. The molecule has 1 fully saturated rings. The number of aldehydes is 1. The summed E-state index contributed by atoms with van der Waals surface area (Å²) < 4.78 is 0. The number of carbonyl (C=O) groups excluding carboxylic acids is 3. The van der Waals surface area contributed by atoms with Gasteiger partial charge in [0.2, 0.25) is 5.91 Å². The number of carbonyl (C=O) groups is 3. The van der Waals surface area contributed by atoms with Gasteiger partial charge in [-0.25, -0.2) is 0 Å². The second-order valence-corrected chi connectivity index (χ2v) is 6.62. The van der Waals surface area contributed by atoms with Crippen molar-refractivity contribution < 1.29 is 24.4 Å². The smallest absolute Gasteiger partial charge is 0.423 e. The Morgan fingerprint density at radius 1 is 1.44 bits per heavy atom. The highest BCUT2D eigenvalue weighted by molar-refractivity contribution is 6.60. The van der Waals surface area contributed by atoms with E-state index in [4.69, 9.17) is 0 Å². The number of hydrogen-bond acceptors (Lipinski definition) is 5. The fourth-order valence-electron chi connectivity index (χ4n) is 3.01. The quantitative estimate of drug-likeness (QED) is 0.495. The van der Waals surface area contributed by atoms with E-state index in [1.54, 1.807) is 4.90 Å². The third-order valence-corrected chi connectivity index (χ3v) is 4.25. The normalized spacial score (nSPS) is 17.9. The molecule has 1 atom stereocenters. The van der Waals surface area contributed by atoms with Crippen LogP contribution in [-0.2, 0) is 4.79 Å². The lowest BCUT2D eigenvalue weighted by atomic mass is 9.76. The van der Waals surface area contributed by atoms with Crippen molar-refractivity contribution in [1.29, 1.82) is 0 Å². The Hall–Kier alpha value is -2.19. The van der Waals surface area contributed by atoms with E-state index in [1.807, 2.05) is 13.8 Å². The maximum absolute atomic E-state index is 12.9. The first-order valence-corrected chi connectivity index (χ1v) is 8.39. The topological polar surface area (TPSA) is 107 Å². The van der Waals surface area contributed by atoms with Crippen LogP contribution < -0.4 is 10.8 Å². The number of rotatable bonds is 5. The molecule has 7 nitrogen and oxygen atoms in total. The highest BCUT2D eigenvalue weighted by atomic mass is 16.4. The summed E-state index contributed by atoms with van der Waals surface area (Å²) in [6.07, 6.45) is 1.68. The van der Waals surface area contributed by atoms with Crippen LogP contribution in [0, 0.1) is 5.92 Å². The zero-order chi connectivity index (χ0) is 18.6. The third-order valence-electron chi connectivity index (χ3n) is 4.25. The monoisotopic (exact) mass is 346 g/mol. The Bertz CT molecular complexity index is 662. The van der Waals surface area contributed by atoms with E-state index in [1.165, 1.54) is 18.2 Å². The molecule has 8 heteroatoms. The van der Waals surface area contributed by atoms with Gasteiger partial charge in [0.25, 0.3) is 5.91 Å². The summed E-state index contributed by atoms with van der Waals surface area (Å²) in [6, 6.07) is 3.56. The van der Waals surface area contributed by atoms with Crippen molar-refractivity contribution >= 4 is 30.7 Å². The molecule has 2 amide bonds. The van der Waals surface area contributed by atoms with Crippen LogP contribution in [0.15, 0.2) is 18.2 Å². The van der Waals surface area contributed by atoms with Gasteiger partial charge in [0.1, 0.15) is 12.3 Å². The van der Waals surface area contributed by atoms with Crippen molar-refractivity contribution in [1.82, 2.24) is 10.2 Å². The van der Waals surface area contributed by atoms with Crippen LogP contribution in [0.2, 0.25) is 0 Å².